The molecule has 30 heavy (non-hydrogen) atoms. The lowest BCUT2D eigenvalue weighted by molar-refractivity contribution is 0.0600. The van der Waals surface area contributed by atoms with Crippen molar-refractivity contribution < 1.29 is 22.1 Å². The van der Waals surface area contributed by atoms with Crippen molar-refractivity contribution in [3.8, 4) is 11.8 Å². The Labute approximate surface area is 173 Å². The molecule has 0 spiro atoms. The van der Waals surface area contributed by atoms with Crippen LogP contribution in [-0.2, 0) is 25.5 Å². The summed E-state index contributed by atoms with van der Waals surface area (Å²) in [5.41, 5.74) is 2.06. The number of esters is 1. The Kier molecular flexibility index (Phi) is 6.56. The van der Waals surface area contributed by atoms with Gasteiger partial charge in [-0.1, -0.05) is 11.3 Å². The molecule has 0 atom stereocenters. The summed E-state index contributed by atoms with van der Waals surface area (Å²) < 4.78 is 35.7. The van der Waals surface area contributed by atoms with Gasteiger partial charge >= 0.3 is 5.97 Å². The summed E-state index contributed by atoms with van der Waals surface area (Å²) in [6.07, 6.45) is 2.60. The predicted molar refractivity (Wildman–Crippen MR) is 105 cm³/mol. The smallest absolute Gasteiger partial charge is 0.337 e. The van der Waals surface area contributed by atoms with Gasteiger partial charge < -0.3 is 4.74 Å². The van der Waals surface area contributed by atoms with E-state index in [2.05, 4.69) is 15.0 Å². The predicted octanol–water partition coefficient (Wildman–Crippen LogP) is 2.26. The van der Waals surface area contributed by atoms with E-state index in [9.17, 15) is 13.2 Å². The minimum atomic E-state index is -3.93. The third kappa shape index (κ3) is 5.08. The van der Waals surface area contributed by atoms with Crippen LogP contribution >= 0.6 is 0 Å². The fourth-order valence-electron chi connectivity index (χ4n) is 2.62. The van der Waals surface area contributed by atoms with Crippen molar-refractivity contribution in [2.24, 2.45) is 0 Å². The Hall–Kier alpha value is -3.55. The van der Waals surface area contributed by atoms with E-state index in [1.165, 1.54) is 31.4 Å². The van der Waals surface area contributed by atoms with Gasteiger partial charge in [-0.2, -0.15) is 13.7 Å². The molecule has 9 nitrogen and oxygen atoms in total. The highest BCUT2D eigenvalue weighted by atomic mass is 32.2. The van der Waals surface area contributed by atoms with Gasteiger partial charge in [-0.3, -0.25) is 4.18 Å². The molecule has 2 aromatic carbocycles. The van der Waals surface area contributed by atoms with Crippen LogP contribution < -0.4 is 0 Å². The summed E-state index contributed by atoms with van der Waals surface area (Å²) in [5.74, 6) is -0.421. The van der Waals surface area contributed by atoms with Crippen molar-refractivity contribution in [2.45, 2.75) is 17.7 Å². The highest BCUT2D eigenvalue weighted by Crippen LogP contribution is 2.15. The molecule has 0 aliphatic rings. The number of ether oxygens (including phenoxy) is 1. The van der Waals surface area contributed by atoms with Crippen LogP contribution in [0.4, 0.5) is 0 Å². The number of aromatic nitrogens is 3. The van der Waals surface area contributed by atoms with Gasteiger partial charge in [0.25, 0.3) is 10.1 Å². The van der Waals surface area contributed by atoms with Gasteiger partial charge in [0.2, 0.25) is 0 Å². The number of rotatable bonds is 8. The van der Waals surface area contributed by atoms with E-state index in [-0.39, 0.29) is 17.1 Å². The standard InChI is InChI=1S/C20H18N4O5S/c1-28-20(25)16-7-9-18(10-8-16)24-14-17(22-23-24)5-3-11-29-30(26,27)19-6-2-4-15(12-19)13-21/h2,4,6-10,12,14H,3,5,11H2,1H3. The van der Waals surface area contributed by atoms with E-state index >= 15 is 0 Å². The van der Waals surface area contributed by atoms with Crippen LogP contribution in [0.25, 0.3) is 5.69 Å². The second-order valence-corrected chi connectivity index (χ2v) is 7.83. The summed E-state index contributed by atoms with van der Waals surface area (Å²) in [6, 6.07) is 14.2. The van der Waals surface area contributed by atoms with E-state index in [0.29, 0.717) is 24.1 Å². The maximum atomic E-state index is 12.2. The van der Waals surface area contributed by atoms with Crippen molar-refractivity contribution >= 4 is 16.1 Å². The largest absolute Gasteiger partial charge is 0.465 e. The molecule has 0 radical (unpaired) electrons. The molecule has 1 aromatic heterocycles. The molecule has 0 unspecified atom stereocenters. The van der Waals surface area contributed by atoms with Gasteiger partial charge in [0, 0.05) is 0 Å². The van der Waals surface area contributed by atoms with Crippen molar-refractivity contribution in [3.05, 3.63) is 71.5 Å². The Morgan fingerprint density at radius 1 is 1.20 bits per heavy atom. The molecule has 3 rings (SSSR count). The molecule has 3 aromatic rings. The number of carbonyl (C=O) groups excluding carboxylic acids is 1. The molecule has 154 valence electrons. The average molecular weight is 426 g/mol. The quantitative estimate of drug-likeness (QED) is 0.305. The van der Waals surface area contributed by atoms with E-state index in [1.54, 1.807) is 35.1 Å². The lowest BCUT2D eigenvalue weighted by Crippen LogP contribution is -2.08. The van der Waals surface area contributed by atoms with Crippen molar-refractivity contribution in [2.75, 3.05) is 13.7 Å². The maximum Gasteiger partial charge on any atom is 0.337 e. The molecular formula is C20H18N4O5S. The van der Waals surface area contributed by atoms with E-state index < -0.39 is 16.1 Å². The van der Waals surface area contributed by atoms with E-state index in [0.717, 1.165) is 5.69 Å². The van der Waals surface area contributed by atoms with E-state index in [1.807, 2.05) is 6.07 Å². The number of carbonyl (C=O) groups is 1. The highest BCUT2D eigenvalue weighted by molar-refractivity contribution is 7.86. The summed E-state index contributed by atoms with van der Waals surface area (Å²) >= 11 is 0. The molecule has 0 aliphatic carbocycles. The van der Waals surface area contributed by atoms with Crippen molar-refractivity contribution in [1.29, 1.82) is 5.26 Å². The zero-order valence-corrected chi connectivity index (χ0v) is 16.9. The molecule has 0 aliphatic heterocycles. The number of methoxy groups -OCH3 is 1. The lowest BCUT2D eigenvalue weighted by Gasteiger charge is -2.05. The third-order valence-corrected chi connectivity index (χ3v) is 5.47. The molecule has 0 saturated carbocycles. The van der Waals surface area contributed by atoms with Crippen LogP contribution in [0.15, 0.2) is 59.6 Å². The molecule has 0 amide bonds. The van der Waals surface area contributed by atoms with Gasteiger partial charge in [0.15, 0.2) is 0 Å². The zero-order valence-electron chi connectivity index (χ0n) is 16.1. The van der Waals surface area contributed by atoms with Gasteiger partial charge in [0.05, 0.1) is 53.4 Å². The van der Waals surface area contributed by atoms with Crippen LogP contribution in [0.1, 0.15) is 28.0 Å². The Morgan fingerprint density at radius 2 is 1.97 bits per heavy atom. The summed E-state index contributed by atoms with van der Waals surface area (Å²) in [7, 11) is -2.61. The fourth-order valence-corrected chi connectivity index (χ4v) is 3.61. The number of hydrogen-bond donors (Lipinski definition) is 0. The minimum Gasteiger partial charge on any atom is -0.465 e. The highest BCUT2D eigenvalue weighted by Gasteiger charge is 2.15. The first-order valence-corrected chi connectivity index (χ1v) is 10.3. The van der Waals surface area contributed by atoms with Crippen molar-refractivity contribution in [1.82, 2.24) is 15.0 Å². The Morgan fingerprint density at radius 3 is 2.67 bits per heavy atom. The van der Waals surface area contributed by atoms with Gasteiger partial charge in [-0.25, -0.2) is 9.48 Å². The molecule has 0 saturated heterocycles. The van der Waals surface area contributed by atoms with Gasteiger partial charge in [-0.05, 0) is 55.3 Å². The van der Waals surface area contributed by atoms with Crippen LogP contribution in [0.2, 0.25) is 0 Å². The summed E-state index contributed by atoms with van der Waals surface area (Å²) in [5, 5.41) is 17.0. The first kappa shape index (κ1) is 21.2. The molecule has 1 heterocycles. The first-order valence-electron chi connectivity index (χ1n) is 8.92. The summed E-state index contributed by atoms with van der Waals surface area (Å²) in [4.78, 5) is 11.4. The lowest BCUT2D eigenvalue weighted by atomic mass is 10.2. The van der Waals surface area contributed by atoms with Gasteiger partial charge in [-0.15, -0.1) is 5.10 Å². The second-order valence-electron chi connectivity index (χ2n) is 6.21. The number of nitrogens with zero attached hydrogens (tertiary/aromatic N) is 4. The van der Waals surface area contributed by atoms with Crippen LogP contribution in [0, 0.1) is 11.3 Å². The monoisotopic (exact) mass is 426 g/mol. The number of benzene rings is 2. The number of hydrogen-bond acceptors (Lipinski definition) is 8. The Bertz CT molecular complexity index is 1180. The Balaban J connectivity index is 1.54. The molecule has 10 heteroatoms. The summed E-state index contributed by atoms with van der Waals surface area (Å²) in [6.45, 7) is -0.0280. The number of aryl methyl sites for hydroxylation is 1. The second kappa shape index (κ2) is 9.30. The third-order valence-electron chi connectivity index (χ3n) is 4.16. The SMILES string of the molecule is COC(=O)c1ccc(-n2cc(CCCOS(=O)(=O)c3cccc(C#N)c3)nn2)cc1. The van der Waals surface area contributed by atoms with Gasteiger partial charge in [0.1, 0.15) is 0 Å². The molecule has 0 fully saturated rings. The first-order chi connectivity index (χ1) is 14.4. The van der Waals surface area contributed by atoms with Crippen molar-refractivity contribution in [3.63, 3.8) is 0 Å². The number of nitriles is 1. The minimum absolute atomic E-state index is 0.0280. The molecule has 0 N–H and O–H groups in total. The average Bonchev–Trinajstić information content (AvgIpc) is 3.25. The zero-order chi connectivity index (χ0) is 21.6. The van der Waals surface area contributed by atoms with E-state index in [4.69, 9.17) is 9.44 Å². The molecular weight excluding hydrogens is 408 g/mol. The van der Waals surface area contributed by atoms with Crippen LogP contribution in [0.5, 0.6) is 0 Å². The fraction of sp³-hybridized carbons (Fsp3) is 0.200. The van der Waals surface area contributed by atoms with Crippen LogP contribution in [-0.4, -0.2) is 43.1 Å². The topological polar surface area (TPSA) is 124 Å². The normalized spacial score (nSPS) is 11.1. The van der Waals surface area contributed by atoms with Crippen LogP contribution in [0.3, 0.4) is 0 Å². The maximum absolute atomic E-state index is 12.2. The molecule has 0 bridgehead atoms.